The molecule has 4 aromatic rings. The molecule has 8 nitrogen and oxygen atoms in total. The van der Waals surface area contributed by atoms with Crippen LogP contribution in [0.2, 0.25) is 0 Å². The number of amides is 1. The first-order valence-corrected chi connectivity index (χ1v) is 12.5. The Hall–Kier alpha value is -3.78. The van der Waals surface area contributed by atoms with Crippen LogP contribution in [0.5, 0.6) is 0 Å². The summed E-state index contributed by atoms with van der Waals surface area (Å²) < 4.78 is 6.77. The highest BCUT2D eigenvalue weighted by Gasteiger charge is 2.15. The molecule has 0 bridgehead atoms. The summed E-state index contributed by atoms with van der Waals surface area (Å²) in [6.07, 6.45) is 7.55. The molecular formula is C28H33N5O3. The fraction of sp³-hybridized carbons (Fsp3) is 0.357. The summed E-state index contributed by atoms with van der Waals surface area (Å²) in [7, 11) is 0. The highest BCUT2D eigenvalue weighted by molar-refractivity contribution is 5.84. The smallest absolute Gasteiger partial charge is 0.275 e. The molecule has 188 valence electrons. The summed E-state index contributed by atoms with van der Waals surface area (Å²) in [4.78, 5) is 32.3. The van der Waals surface area contributed by atoms with Crippen LogP contribution in [-0.2, 0) is 24.3 Å². The van der Waals surface area contributed by atoms with Crippen LogP contribution in [0.15, 0.2) is 76.4 Å². The van der Waals surface area contributed by atoms with Crippen molar-refractivity contribution in [1.29, 1.82) is 0 Å². The quantitative estimate of drug-likeness (QED) is 0.306. The zero-order valence-corrected chi connectivity index (χ0v) is 20.9. The fourth-order valence-electron chi connectivity index (χ4n) is 4.26. The van der Waals surface area contributed by atoms with E-state index in [0.29, 0.717) is 24.4 Å². The molecule has 1 unspecified atom stereocenters. The van der Waals surface area contributed by atoms with E-state index in [4.69, 9.17) is 4.42 Å². The third-order valence-electron chi connectivity index (χ3n) is 6.43. The van der Waals surface area contributed by atoms with E-state index in [1.165, 1.54) is 4.68 Å². The molecule has 4 rings (SSSR count). The molecule has 1 amide bonds. The summed E-state index contributed by atoms with van der Waals surface area (Å²) in [5, 5.41) is 8.87. The summed E-state index contributed by atoms with van der Waals surface area (Å²) in [5.74, 6) is 0.705. The van der Waals surface area contributed by atoms with Gasteiger partial charge in [-0.15, -0.1) is 0 Å². The lowest BCUT2D eigenvalue weighted by atomic mass is 10.1. The molecule has 3 heterocycles. The van der Waals surface area contributed by atoms with E-state index in [9.17, 15) is 9.59 Å². The normalized spacial score (nSPS) is 12.2. The van der Waals surface area contributed by atoms with Crippen molar-refractivity contribution in [2.45, 2.75) is 52.2 Å². The maximum Gasteiger partial charge on any atom is 0.275 e. The molecule has 0 saturated carbocycles. The predicted molar refractivity (Wildman–Crippen MR) is 140 cm³/mol. The summed E-state index contributed by atoms with van der Waals surface area (Å²) in [5.41, 5.74) is 1.47. The van der Waals surface area contributed by atoms with Gasteiger partial charge in [-0.1, -0.05) is 31.2 Å². The summed E-state index contributed by atoms with van der Waals surface area (Å²) >= 11 is 0. The Kier molecular flexibility index (Phi) is 8.62. The van der Waals surface area contributed by atoms with Crippen LogP contribution in [0, 0.1) is 0 Å². The number of hydrogen-bond acceptors (Lipinski definition) is 6. The van der Waals surface area contributed by atoms with E-state index in [2.05, 4.69) is 34.1 Å². The molecule has 0 aliphatic rings. The Morgan fingerprint density at radius 2 is 1.97 bits per heavy atom. The second kappa shape index (κ2) is 12.3. The van der Waals surface area contributed by atoms with Crippen LogP contribution in [0.3, 0.4) is 0 Å². The minimum absolute atomic E-state index is 0.120. The first-order chi connectivity index (χ1) is 17.5. The van der Waals surface area contributed by atoms with Crippen LogP contribution in [-0.4, -0.2) is 44.7 Å². The van der Waals surface area contributed by atoms with Crippen molar-refractivity contribution in [2.24, 2.45) is 0 Å². The number of carbonyl (C=O) groups excluding carboxylic acids is 1. The molecule has 3 aromatic heterocycles. The first-order valence-electron chi connectivity index (χ1n) is 12.5. The van der Waals surface area contributed by atoms with E-state index >= 15 is 0 Å². The Bertz CT molecular complexity index is 1320. The van der Waals surface area contributed by atoms with Gasteiger partial charge in [-0.3, -0.25) is 19.5 Å². The van der Waals surface area contributed by atoms with Crippen LogP contribution in [0.1, 0.15) is 43.7 Å². The summed E-state index contributed by atoms with van der Waals surface area (Å²) in [6, 6.07) is 15.5. The van der Waals surface area contributed by atoms with Gasteiger partial charge in [-0.05, 0) is 49.6 Å². The number of furan rings is 1. The first kappa shape index (κ1) is 25.3. The number of nitrogens with zero attached hydrogens (tertiary/aromatic N) is 4. The molecule has 1 aromatic carbocycles. The lowest BCUT2D eigenvalue weighted by molar-refractivity contribution is -0.121. The van der Waals surface area contributed by atoms with E-state index < -0.39 is 0 Å². The van der Waals surface area contributed by atoms with Gasteiger partial charge in [0.15, 0.2) is 0 Å². The molecule has 0 radical (unpaired) electrons. The number of pyridine rings is 1. The fourth-order valence-corrected chi connectivity index (χ4v) is 4.26. The number of benzene rings is 1. The maximum atomic E-state index is 13.0. The number of nitrogens with one attached hydrogen (secondary N) is 1. The molecular weight excluding hydrogens is 454 g/mol. The molecule has 8 heteroatoms. The van der Waals surface area contributed by atoms with Crippen LogP contribution in [0.4, 0.5) is 0 Å². The van der Waals surface area contributed by atoms with E-state index in [-0.39, 0.29) is 18.0 Å². The standard InChI is InChI=1S/C28H33N5O3/c1-3-21(2)32(19-23-10-7-16-36-23)15-8-14-30-27(34)20-33-28(35)25-12-5-4-11-24(25)26(31-33)17-22-9-6-13-29-18-22/h4-7,9-13,16,18,21H,3,8,14-15,17,19-20H2,1-2H3,(H,30,34). The van der Waals surface area contributed by atoms with Gasteiger partial charge < -0.3 is 9.73 Å². The molecule has 0 spiro atoms. The molecule has 0 aliphatic heterocycles. The zero-order chi connectivity index (χ0) is 25.3. The third-order valence-corrected chi connectivity index (χ3v) is 6.43. The number of carbonyl (C=O) groups is 1. The monoisotopic (exact) mass is 487 g/mol. The second-order valence-corrected chi connectivity index (χ2v) is 9.00. The van der Waals surface area contributed by atoms with Crippen molar-refractivity contribution >= 4 is 16.7 Å². The molecule has 1 atom stereocenters. The molecule has 0 saturated heterocycles. The van der Waals surface area contributed by atoms with Crippen LogP contribution >= 0.6 is 0 Å². The van der Waals surface area contributed by atoms with Crippen LogP contribution in [0.25, 0.3) is 10.8 Å². The van der Waals surface area contributed by atoms with Crippen molar-refractivity contribution in [3.05, 3.63) is 94.6 Å². The largest absolute Gasteiger partial charge is 0.468 e. The van der Waals surface area contributed by atoms with Crippen molar-refractivity contribution in [2.75, 3.05) is 13.1 Å². The van der Waals surface area contributed by atoms with Gasteiger partial charge in [0.2, 0.25) is 5.91 Å². The lowest BCUT2D eigenvalue weighted by Gasteiger charge is -2.27. The lowest BCUT2D eigenvalue weighted by Crippen LogP contribution is -2.37. The van der Waals surface area contributed by atoms with Gasteiger partial charge in [0.25, 0.3) is 5.56 Å². The third kappa shape index (κ3) is 6.46. The molecule has 0 fully saturated rings. The van der Waals surface area contributed by atoms with Crippen LogP contribution < -0.4 is 10.9 Å². The number of hydrogen-bond donors (Lipinski definition) is 1. The van der Waals surface area contributed by atoms with E-state index in [1.54, 1.807) is 24.7 Å². The Morgan fingerprint density at radius 3 is 2.69 bits per heavy atom. The minimum atomic E-state index is -0.267. The Balaban J connectivity index is 1.39. The SMILES string of the molecule is CCC(C)N(CCCNC(=O)Cn1nc(Cc2cccnc2)c2ccccc2c1=O)Cc1ccco1. The van der Waals surface area contributed by atoms with Gasteiger partial charge in [0.1, 0.15) is 12.3 Å². The predicted octanol–water partition coefficient (Wildman–Crippen LogP) is 3.78. The average molecular weight is 488 g/mol. The molecule has 36 heavy (non-hydrogen) atoms. The highest BCUT2D eigenvalue weighted by Crippen LogP contribution is 2.16. The zero-order valence-electron chi connectivity index (χ0n) is 20.9. The van der Waals surface area contributed by atoms with Gasteiger partial charge in [0, 0.05) is 43.3 Å². The van der Waals surface area contributed by atoms with Gasteiger partial charge >= 0.3 is 0 Å². The minimum Gasteiger partial charge on any atom is -0.468 e. The summed E-state index contributed by atoms with van der Waals surface area (Å²) in [6.45, 7) is 6.34. The Labute approximate surface area is 211 Å². The van der Waals surface area contributed by atoms with E-state index in [1.807, 2.05) is 42.5 Å². The maximum absolute atomic E-state index is 13.0. The van der Waals surface area contributed by atoms with Gasteiger partial charge in [0.05, 0.1) is 23.9 Å². The number of rotatable bonds is 12. The van der Waals surface area contributed by atoms with Crippen molar-refractivity contribution in [3.63, 3.8) is 0 Å². The van der Waals surface area contributed by atoms with Crippen molar-refractivity contribution in [3.8, 4) is 0 Å². The van der Waals surface area contributed by atoms with Crippen molar-refractivity contribution in [1.82, 2.24) is 25.0 Å². The average Bonchev–Trinajstić information content (AvgIpc) is 3.42. The topological polar surface area (TPSA) is 93.3 Å². The van der Waals surface area contributed by atoms with Crippen molar-refractivity contribution < 1.29 is 9.21 Å². The van der Waals surface area contributed by atoms with Gasteiger partial charge in [-0.2, -0.15) is 5.10 Å². The Morgan fingerprint density at radius 1 is 1.14 bits per heavy atom. The van der Waals surface area contributed by atoms with Gasteiger partial charge in [-0.25, -0.2) is 4.68 Å². The molecule has 0 aliphatic carbocycles. The number of aromatic nitrogens is 3. The number of fused-ring (bicyclic) bond motifs is 1. The second-order valence-electron chi connectivity index (χ2n) is 9.00. The molecule has 1 N–H and O–H groups in total. The van der Waals surface area contributed by atoms with E-state index in [0.717, 1.165) is 48.3 Å². The highest BCUT2D eigenvalue weighted by atomic mass is 16.3.